The van der Waals surface area contributed by atoms with Crippen LogP contribution in [0.4, 0.5) is 5.69 Å². The molecule has 25 heavy (non-hydrogen) atoms. The Balaban J connectivity index is 1.73. The number of aliphatic hydroxyl groups is 1. The zero-order chi connectivity index (χ0) is 17.8. The second kappa shape index (κ2) is 7.70. The molecule has 1 atom stereocenters. The summed E-state index contributed by atoms with van der Waals surface area (Å²) >= 11 is 0. The highest BCUT2D eigenvalue weighted by Crippen LogP contribution is 2.32. The average molecular weight is 338 g/mol. The van der Waals surface area contributed by atoms with Crippen LogP contribution in [0.15, 0.2) is 54.6 Å². The Labute approximate surface area is 149 Å². The molecule has 0 aromatic heterocycles. The van der Waals surface area contributed by atoms with Gasteiger partial charge in [-0.15, -0.1) is 0 Å². The van der Waals surface area contributed by atoms with Gasteiger partial charge in [-0.3, -0.25) is 4.79 Å². The first-order valence-electron chi connectivity index (χ1n) is 8.83. The highest BCUT2D eigenvalue weighted by molar-refractivity contribution is 5.95. The lowest BCUT2D eigenvalue weighted by molar-refractivity contribution is 0.0239. The molecule has 2 aromatic carbocycles. The number of benzene rings is 2. The number of aliphatic hydroxyl groups excluding tert-OH is 1. The monoisotopic (exact) mass is 338 g/mol. The first-order valence-corrected chi connectivity index (χ1v) is 8.83. The molecule has 132 valence electrons. The summed E-state index contributed by atoms with van der Waals surface area (Å²) < 4.78 is 0. The Morgan fingerprint density at radius 3 is 2.52 bits per heavy atom. The number of rotatable bonds is 6. The lowest BCUT2D eigenvalue weighted by Crippen LogP contribution is -2.48. The summed E-state index contributed by atoms with van der Waals surface area (Å²) in [7, 11) is 3.93. The van der Waals surface area contributed by atoms with Crippen LogP contribution >= 0.6 is 0 Å². The number of anilines is 1. The van der Waals surface area contributed by atoms with Gasteiger partial charge in [0.05, 0.1) is 6.10 Å². The minimum atomic E-state index is -0.225. The number of nitrogens with zero attached hydrogens (tertiary/aromatic N) is 1. The molecule has 0 aliphatic heterocycles. The van der Waals surface area contributed by atoms with E-state index in [1.54, 1.807) is 0 Å². The number of hydrogen-bond acceptors (Lipinski definition) is 3. The van der Waals surface area contributed by atoms with E-state index in [0.29, 0.717) is 11.5 Å². The van der Waals surface area contributed by atoms with Gasteiger partial charge in [-0.1, -0.05) is 36.4 Å². The fraction of sp³-hybridized carbons (Fsp3) is 0.381. The van der Waals surface area contributed by atoms with E-state index in [1.807, 2.05) is 61.5 Å². The van der Waals surface area contributed by atoms with Crippen molar-refractivity contribution in [1.82, 2.24) is 5.32 Å². The molecule has 0 saturated heterocycles. The molecule has 0 bridgehead atoms. The third kappa shape index (κ3) is 4.40. The molecule has 1 unspecified atom stereocenters. The Bertz CT molecular complexity index is 709. The molecule has 2 N–H and O–H groups in total. The Hall–Kier alpha value is -2.33. The van der Waals surface area contributed by atoms with E-state index in [-0.39, 0.29) is 18.1 Å². The minimum Gasteiger partial charge on any atom is -0.393 e. The van der Waals surface area contributed by atoms with Crippen LogP contribution in [0.2, 0.25) is 0 Å². The van der Waals surface area contributed by atoms with Crippen molar-refractivity contribution in [3.8, 4) is 0 Å². The number of nitrogens with one attached hydrogen (secondary N) is 1. The van der Waals surface area contributed by atoms with Crippen molar-refractivity contribution in [2.45, 2.75) is 31.4 Å². The van der Waals surface area contributed by atoms with E-state index in [2.05, 4.69) is 17.4 Å². The fourth-order valence-electron chi connectivity index (χ4n) is 3.34. The van der Waals surface area contributed by atoms with Gasteiger partial charge in [0.25, 0.3) is 5.91 Å². The van der Waals surface area contributed by atoms with Crippen LogP contribution in [-0.4, -0.2) is 37.3 Å². The van der Waals surface area contributed by atoms with Crippen LogP contribution < -0.4 is 10.2 Å². The van der Waals surface area contributed by atoms with Crippen molar-refractivity contribution >= 4 is 11.6 Å². The molecule has 4 nitrogen and oxygen atoms in total. The zero-order valence-corrected chi connectivity index (χ0v) is 14.9. The van der Waals surface area contributed by atoms with Gasteiger partial charge in [0.1, 0.15) is 0 Å². The van der Waals surface area contributed by atoms with Crippen molar-refractivity contribution in [2.75, 3.05) is 19.0 Å². The molecular weight excluding hydrogens is 312 g/mol. The first-order chi connectivity index (χ1) is 12.0. The van der Waals surface area contributed by atoms with Crippen molar-refractivity contribution in [1.29, 1.82) is 0 Å². The molecule has 2 aromatic rings. The summed E-state index contributed by atoms with van der Waals surface area (Å²) in [5.41, 5.74) is 2.88. The summed E-state index contributed by atoms with van der Waals surface area (Å²) in [6, 6.07) is 17.9. The molecule has 1 saturated carbocycles. The summed E-state index contributed by atoms with van der Waals surface area (Å²) in [4.78, 5) is 14.7. The number of amides is 1. The van der Waals surface area contributed by atoms with Crippen LogP contribution in [0.25, 0.3) is 0 Å². The quantitative estimate of drug-likeness (QED) is 0.851. The zero-order valence-electron chi connectivity index (χ0n) is 14.9. The topological polar surface area (TPSA) is 52.6 Å². The average Bonchev–Trinajstić information content (AvgIpc) is 2.59. The van der Waals surface area contributed by atoms with Crippen LogP contribution in [0.5, 0.6) is 0 Å². The molecule has 1 amide bonds. The van der Waals surface area contributed by atoms with Crippen molar-refractivity contribution in [3.63, 3.8) is 0 Å². The second-order valence-corrected chi connectivity index (χ2v) is 7.10. The third-order valence-corrected chi connectivity index (χ3v) is 4.96. The van der Waals surface area contributed by atoms with E-state index in [1.165, 1.54) is 5.56 Å². The van der Waals surface area contributed by atoms with Gasteiger partial charge in [-0.2, -0.15) is 0 Å². The maximum absolute atomic E-state index is 12.8. The number of hydrogen-bond donors (Lipinski definition) is 2. The largest absolute Gasteiger partial charge is 0.393 e. The first kappa shape index (κ1) is 17.5. The summed E-state index contributed by atoms with van der Waals surface area (Å²) in [5, 5.41) is 12.9. The molecule has 4 heteroatoms. The second-order valence-electron chi connectivity index (χ2n) is 7.10. The van der Waals surface area contributed by atoms with Gasteiger partial charge >= 0.3 is 0 Å². The standard InChI is InChI=1S/C21H26N2O2/c1-23(2)18-10-6-9-16(12-18)21(25)22-20(17-13-19(24)14-17)11-15-7-4-3-5-8-15/h3-10,12,17,19-20,24H,11,13-14H2,1-2H3,(H,22,25). The molecule has 0 spiro atoms. The number of carbonyl (C=O) groups excluding carboxylic acids is 1. The van der Waals surface area contributed by atoms with Crippen LogP contribution in [0, 0.1) is 5.92 Å². The molecule has 1 aliphatic rings. The van der Waals surface area contributed by atoms with Gasteiger partial charge in [-0.25, -0.2) is 0 Å². The van der Waals surface area contributed by atoms with E-state index >= 15 is 0 Å². The molecule has 0 heterocycles. The predicted molar refractivity (Wildman–Crippen MR) is 101 cm³/mol. The maximum atomic E-state index is 12.8. The number of carbonyl (C=O) groups is 1. The highest BCUT2D eigenvalue weighted by Gasteiger charge is 2.34. The normalized spacial score (nSPS) is 20.4. The minimum absolute atomic E-state index is 0.0429. The summed E-state index contributed by atoms with van der Waals surface area (Å²) in [6.45, 7) is 0. The van der Waals surface area contributed by atoms with Crippen LogP contribution in [0.3, 0.4) is 0 Å². The van der Waals surface area contributed by atoms with Crippen LogP contribution in [0.1, 0.15) is 28.8 Å². The molecule has 1 aliphatic carbocycles. The van der Waals surface area contributed by atoms with Crippen molar-refractivity contribution in [3.05, 3.63) is 65.7 Å². The maximum Gasteiger partial charge on any atom is 0.251 e. The fourth-order valence-corrected chi connectivity index (χ4v) is 3.34. The lowest BCUT2D eigenvalue weighted by atomic mass is 9.75. The van der Waals surface area contributed by atoms with E-state index in [4.69, 9.17) is 0 Å². The van der Waals surface area contributed by atoms with Gasteiger partial charge in [0, 0.05) is 31.4 Å². The molecule has 3 rings (SSSR count). The molecule has 1 fully saturated rings. The van der Waals surface area contributed by atoms with Gasteiger partial charge in [0.2, 0.25) is 0 Å². The van der Waals surface area contributed by atoms with E-state index < -0.39 is 0 Å². The van der Waals surface area contributed by atoms with E-state index in [0.717, 1.165) is 24.9 Å². The van der Waals surface area contributed by atoms with Gasteiger partial charge in [0.15, 0.2) is 0 Å². The summed E-state index contributed by atoms with van der Waals surface area (Å²) in [5.74, 6) is 0.280. The molecule has 0 radical (unpaired) electrons. The van der Waals surface area contributed by atoms with E-state index in [9.17, 15) is 9.90 Å². The van der Waals surface area contributed by atoms with Crippen LogP contribution in [-0.2, 0) is 6.42 Å². The highest BCUT2D eigenvalue weighted by atomic mass is 16.3. The SMILES string of the molecule is CN(C)c1cccc(C(=O)NC(Cc2ccccc2)C2CC(O)C2)c1. The van der Waals surface area contributed by atoms with Gasteiger partial charge < -0.3 is 15.3 Å². The smallest absolute Gasteiger partial charge is 0.251 e. The molecular formula is C21H26N2O2. The Morgan fingerprint density at radius 2 is 1.88 bits per heavy atom. The van der Waals surface area contributed by atoms with Gasteiger partial charge in [-0.05, 0) is 48.9 Å². The van der Waals surface area contributed by atoms with Crippen molar-refractivity contribution in [2.24, 2.45) is 5.92 Å². The summed E-state index contributed by atoms with van der Waals surface area (Å²) in [6.07, 6.45) is 2.08. The van der Waals surface area contributed by atoms with Crippen molar-refractivity contribution < 1.29 is 9.90 Å². The predicted octanol–water partition coefficient (Wildman–Crippen LogP) is 2.86. The Kier molecular flexibility index (Phi) is 5.39. The lowest BCUT2D eigenvalue weighted by Gasteiger charge is -2.38. The third-order valence-electron chi connectivity index (χ3n) is 4.96. The Morgan fingerprint density at radius 1 is 1.16 bits per heavy atom.